The van der Waals surface area contributed by atoms with Crippen LogP contribution in [-0.2, 0) is 9.47 Å². The molecule has 0 spiro atoms. The Labute approximate surface area is 154 Å². The average molecular weight is 352 g/mol. The summed E-state index contributed by atoms with van der Waals surface area (Å²) in [6.45, 7) is 7.29. The van der Waals surface area contributed by atoms with E-state index in [0.717, 1.165) is 11.1 Å². The van der Waals surface area contributed by atoms with E-state index in [1.807, 2.05) is 64.1 Å². The highest BCUT2D eigenvalue weighted by atomic mass is 16.5. The number of esters is 2. The lowest BCUT2D eigenvalue weighted by Crippen LogP contribution is -2.11. The Morgan fingerprint density at radius 1 is 0.654 bits per heavy atom. The van der Waals surface area contributed by atoms with E-state index in [0.29, 0.717) is 11.1 Å². The summed E-state index contributed by atoms with van der Waals surface area (Å²) in [6.07, 6.45) is 3.61. The highest BCUT2D eigenvalue weighted by Crippen LogP contribution is 2.13. The van der Waals surface area contributed by atoms with Gasteiger partial charge in [0.1, 0.15) is 0 Å². The van der Waals surface area contributed by atoms with E-state index in [-0.39, 0.29) is 24.1 Å². The van der Waals surface area contributed by atoms with Crippen LogP contribution in [0.4, 0.5) is 0 Å². The molecule has 0 aromatic heterocycles. The van der Waals surface area contributed by atoms with Crippen LogP contribution in [0.5, 0.6) is 0 Å². The van der Waals surface area contributed by atoms with Gasteiger partial charge < -0.3 is 9.47 Å². The van der Waals surface area contributed by atoms with Crippen LogP contribution in [0.15, 0.2) is 48.5 Å². The van der Waals surface area contributed by atoms with Crippen molar-refractivity contribution in [3.63, 3.8) is 0 Å². The number of carbonyl (C=O) groups excluding carboxylic acids is 2. The van der Waals surface area contributed by atoms with Crippen molar-refractivity contribution in [2.45, 2.75) is 39.9 Å². The standard InChI is InChI=1S/C22H24O4/c1-15(2)25-21(23)19-11-7-17(8-12-19)5-6-18-9-13-20(14-10-18)22(24)26-16(3)4/h5-16H,1-4H3. The minimum Gasteiger partial charge on any atom is -0.459 e. The highest BCUT2D eigenvalue weighted by Gasteiger charge is 2.09. The normalized spacial score (nSPS) is 11.2. The van der Waals surface area contributed by atoms with Crippen molar-refractivity contribution in [2.24, 2.45) is 0 Å². The quantitative estimate of drug-likeness (QED) is 0.543. The van der Waals surface area contributed by atoms with Crippen LogP contribution < -0.4 is 0 Å². The molecular formula is C22H24O4. The van der Waals surface area contributed by atoms with Crippen LogP contribution >= 0.6 is 0 Å². The van der Waals surface area contributed by atoms with Crippen molar-refractivity contribution in [2.75, 3.05) is 0 Å². The first-order valence-electron chi connectivity index (χ1n) is 8.65. The van der Waals surface area contributed by atoms with E-state index in [4.69, 9.17) is 9.47 Å². The molecule has 0 N–H and O–H groups in total. The van der Waals surface area contributed by atoms with Crippen LogP contribution in [0.25, 0.3) is 12.2 Å². The summed E-state index contributed by atoms with van der Waals surface area (Å²) in [5.74, 6) is -0.640. The Morgan fingerprint density at radius 3 is 1.23 bits per heavy atom. The van der Waals surface area contributed by atoms with E-state index in [9.17, 15) is 9.59 Å². The Bertz CT molecular complexity index is 701. The minimum absolute atomic E-state index is 0.136. The van der Waals surface area contributed by atoms with Crippen molar-refractivity contribution in [1.29, 1.82) is 0 Å². The third-order valence-electron chi connectivity index (χ3n) is 3.45. The zero-order valence-corrected chi connectivity index (χ0v) is 15.6. The minimum atomic E-state index is -0.320. The average Bonchev–Trinajstić information content (AvgIpc) is 2.59. The maximum absolute atomic E-state index is 11.8. The van der Waals surface area contributed by atoms with E-state index in [1.165, 1.54) is 0 Å². The molecule has 0 unspecified atom stereocenters. The van der Waals surface area contributed by atoms with Gasteiger partial charge in [0.25, 0.3) is 0 Å². The van der Waals surface area contributed by atoms with Crippen LogP contribution in [-0.4, -0.2) is 24.1 Å². The van der Waals surface area contributed by atoms with Crippen LogP contribution in [0.3, 0.4) is 0 Å². The van der Waals surface area contributed by atoms with Crippen molar-refractivity contribution in [1.82, 2.24) is 0 Å². The molecule has 4 nitrogen and oxygen atoms in total. The third kappa shape index (κ3) is 5.88. The molecule has 2 aromatic carbocycles. The maximum atomic E-state index is 11.8. The molecule has 0 radical (unpaired) electrons. The van der Waals surface area contributed by atoms with Gasteiger partial charge in [-0.2, -0.15) is 0 Å². The molecule has 0 saturated carbocycles. The predicted molar refractivity (Wildman–Crippen MR) is 103 cm³/mol. The molecule has 0 saturated heterocycles. The highest BCUT2D eigenvalue weighted by molar-refractivity contribution is 5.90. The fourth-order valence-electron chi connectivity index (χ4n) is 2.22. The van der Waals surface area contributed by atoms with Crippen molar-refractivity contribution in [3.8, 4) is 0 Å². The van der Waals surface area contributed by atoms with Gasteiger partial charge in [-0.15, -0.1) is 0 Å². The summed E-state index contributed by atoms with van der Waals surface area (Å²) in [5.41, 5.74) is 3.00. The molecule has 0 fully saturated rings. The van der Waals surface area contributed by atoms with Gasteiger partial charge in [0.15, 0.2) is 0 Å². The van der Waals surface area contributed by atoms with Gasteiger partial charge in [-0.3, -0.25) is 0 Å². The van der Waals surface area contributed by atoms with Crippen LogP contribution in [0.2, 0.25) is 0 Å². The topological polar surface area (TPSA) is 52.6 Å². The number of benzene rings is 2. The molecule has 2 aromatic rings. The van der Waals surface area contributed by atoms with E-state index in [2.05, 4.69) is 0 Å². The molecule has 0 aliphatic carbocycles. The first kappa shape index (κ1) is 19.4. The summed E-state index contributed by atoms with van der Waals surface area (Å²) in [5, 5.41) is 0. The summed E-state index contributed by atoms with van der Waals surface area (Å²) < 4.78 is 10.3. The molecule has 4 heteroatoms. The first-order chi connectivity index (χ1) is 12.3. The van der Waals surface area contributed by atoms with Crippen molar-refractivity contribution < 1.29 is 19.1 Å². The van der Waals surface area contributed by atoms with E-state index < -0.39 is 0 Å². The van der Waals surface area contributed by atoms with Gasteiger partial charge in [0, 0.05) is 0 Å². The van der Waals surface area contributed by atoms with Gasteiger partial charge in [-0.1, -0.05) is 36.4 Å². The molecule has 0 aliphatic heterocycles. The molecule has 0 bridgehead atoms. The molecule has 2 rings (SSSR count). The summed E-state index contributed by atoms with van der Waals surface area (Å²) >= 11 is 0. The monoisotopic (exact) mass is 352 g/mol. The third-order valence-corrected chi connectivity index (χ3v) is 3.45. The molecule has 0 amide bonds. The largest absolute Gasteiger partial charge is 0.459 e. The summed E-state index contributed by atoms with van der Waals surface area (Å²) in [4.78, 5) is 23.6. The number of hydrogen-bond acceptors (Lipinski definition) is 4. The zero-order chi connectivity index (χ0) is 19.1. The van der Waals surface area contributed by atoms with Gasteiger partial charge in [-0.05, 0) is 63.1 Å². The van der Waals surface area contributed by atoms with E-state index in [1.54, 1.807) is 24.3 Å². The molecule has 0 atom stereocenters. The second-order valence-electron chi connectivity index (χ2n) is 6.49. The lowest BCUT2D eigenvalue weighted by atomic mass is 10.1. The fourth-order valence-corrected chi connectivity index (χ4v) is 2.22. The summed E-state index contributed by atoms with van der Waals surface area (Å²) in [6, 6.07) is 14.4. The van der Waals surface area contributed by atoms with E-state index >= 15 is 0 Å². The van der Waals surface area contributed by atoms with Crippen molar-refractivity contribution in [3.05, 3.63) is 70.8 Å². The SMILES string of the molecule is CC(C)OC(=O)c1ccc(C=Cc2ccc(C(=O)OC(C)C)cc2)cc1. The Kier molecular flexibility index (Phi) is 6.73. The Balaban J connectivity index is 2.01. The van der Waals surface area contributed by atoms with Crippen molar-refractivity contribution >= 4 is 24.1 Å². The smallest absolute Gasteiger partial charge is 0.338 e. The Morgan fingerprint density at radius 2 is 0.962 bits per heavy atom. The van der Waals surface area contributed by atoms with Gasteiger partial charge >= 0.3 is 11.9 Å². The predicted octanol–water partition coefficient (Wildman–Crippen LogP) is 4.99. The number of ether oxygens (including phenoxy) is 2. The number of carbonyl (C=O) groups is 2. The van der Waals surface area contributed by atoms with Crippen LogP contribution in [0.1, 0.15) is 59.5 Å². The van der Waals surface area contributed by atoms with Gasteiger partial charge in [0.05, 0.1) is 23.3 Å². The van der Waals surface area contributed by atoms with Gasteiger partial charge in [0.2, 0.25) is 0 Å². The second kappa shape index (κ2) is 8.99. The fraction of sp³-hybridized carbons (Fsp3) is 0.273. The summed E-state index contributed by atoms with van der Waals surface area (Å²) in [7, 11) is 0. The zero-order valence-electron chi connectivity index (χ0n) is 15.6. The maximum Gasteiger partial charge on any atom is 0.338 e. The number of hydrogen-bond donors (Lipinski definition) is 0. The second-order valence-corrected chi connectivity index (χ2v) is 6.49. The number of rotatable bonds is 6. The molecular weight excluding hydrogens is 328 g/mol. The lowest BCUT2D eigenvalue weighted by molar-refractivity contribution is 0.0367. The van der Waals surface area contributed by atoms with Crippen LogP contribution in [0, 0.1) is 0 Å². The molecule has 0 aliphatic rings. The lowest BCUT2D eigenvalue weighted by Gasteiger charge is -2.08. The molecule has 26 heavy (non-hydrogen) atoms. The molecule has 136 valence electrons. The first-order valence-corrected chi connectivity index (χ1v) is 8.65. The Hall–Kier alpha value is -2.88. The molecule has 0 heterocycles. The van der Waals surface area contributed by atoms with Gasteiger partial charge in [-0.25, -0.2) is 9.59 Å².